The zero-order valence-corrected chi connectivity index (χ0v) is 12.6. The number of anilines is 4. The maximum Gasteiger partial charge on any atom is 0.0620 e. The van der Waals surface area contributed by atoms with Gasteiger partial charge in [0, 0.05) is 24.5 Å². The van der Waals surface area contributed by atoms with Crippen LogP contribution >= 0.6 is 0 Å². The highest BCUT2D eigenvalue weighted by Gasteiger charge is 2.10. The van der Waals surface area contributed by atoms with Crippen molar-refractivity contribution in [3.63, 3.8) is 0 Å². The fraction of sp³-hybridized carbons (Fsp3) is 0.333. The Morgan fingerprint density at radius 2 is 1.67 bits per heavy atom. The second kappa shape index (κ2) is 6.08. The number of piperidine rings is 1. The number of aryl methyl sites for hydroxylation is 1. The van der Waals surface area contributed by atoms with Gasteiger partial charge in [0.1, 0.15) is 0 Å². The molecule has 110 valence electrons. The number of benzene rings is 2. The molecule has 2 aromatic carbocycles. The van der Waals surface area contributed by atoms with E-state index in [0.717, 1.165) is 17.1 Å². The highest BCUT2D eigenvalue weighted by molar-refractivity contribution is 5.73. The molecule has 0 spiro atoms. The third-order valence-electron chi connectivity index (χ3n) is 4.08. The van der Waals surface area contributed by atoms with E-state index >= 15 is 0 Å². The van der Waals surface area contributed by atoms with Gasteiger partial charge in [-0.05, 0) is 68.1 Å². The quantitative estimate of drug-likeness (QED) is 0.824. The Kier molecular flexibility index (Phi) is 4.00. The minimum Gasteiger partial charge on any atom is -0.397 e. The summed E-state index contributed by atoms with van der Waals surface area (Å²) in [6.45, 7) is 4.43. The first kappa shape index (κ1) is 13.8. The maximum atomic E-state index is 6.01. The normalized spacial score (nSPS) is 15.0. The van der Waals surface area contributed by atoms with Gasteiger partial charge in [0.2, 0.25) is 0 Å². The maximum absolute atomic E-state index is 6.01. The molecule has 0 aliphatic carbocycles. The molecule has 0 aromatic heterocycles. The van der Waals surface area contributed by atoms with E-state index in [9.17, 15) is 0 Å². The molecule has 3 heteroatoms. The molecule has 3 rings (SSSR count). The summed E-state index contributed by atoms with van der Waals surface area (Å²) in [5.41, 5.74) is 11.4. The first-order valence-corrected chi connectivity index (χ1v) is 7.70. The van der Waals surface area contributed by atoms with Crippen molar-refractivity contribution in [2.24, 2.45) is 0 Å². The molecule has 1 aliphatic rings. The molecular weight excluding hydrogens is 258 g/mol. The third-order valence-corrected chi connectivity index (χ3v) is 4.08. The summed E-state index contributed by atoms with van der Waals surface area (Å²) in [5.74, 6) is 0. The van der Waals surface area contributed by atoms with Gasteiger partial charge in [-0.25, -0.2) is 0 Å². The van der Waals surface area contributed by atoms with Gasteiger partial charge in [-0.3, -0.25) is 0 Å². The summed E-state index contributed by atoms with van der Waals surface area (Å²) in [5, 5.41) is 3.40. The van der Waals surface area contributed by atoms with Crippen LogP contribution in [-0.4, -0.2) is 13.1 Å². The van der Waals surface area contributed by atoms with Crippen LogP contribution in [-0.2, 0) is 0 Å². The molecule has 0 atom stereocenters. The monoisotopic (exact) mass is 281 g/mol. The number of nitrogen functional groups attached to an aromatic ring is 1. The van der Waals surface area contributed by atoms with E-state index in [0.29, 0.717) is 0 Å². The van der Waals surface area contributed by atoms with E-state index in [1.54, 1.807) is 0 Å². The topological polar surface area (TPSA) is 41.3 Å². The molecule has 0 amide bonds. The van der Waals surface area contributed by atoms with Gasteiger partial charge in [0.05, 0.1) is 11.4 Å². The summed E-state index contributed by atoms with van der Waals surface area (Å²) in [7, 11) is 0. The van der Waals surface area contributed by atoms with E-state index in [4.69, 9.17) is 5.73 Å². The zero-order valence-electron chi connectivity index (χ0n) is 12.6. The number of hydrogen-bond acceptors (Lipinski definition) is 3. The molecular formula is C18H23N3. The number of hydrogen-bond donors (Lipinski definition) is 2. The minimum atomic E-state index is 0.778. The molecule has 21 heavy (non-hydrogen) atoms. The largest absolute Gasteiger partial charge is 0.397 e. The van der Waals surface area contributed by atoms with Crippen molar-refractivity contribution in [1.29, 1.82) is 0 Å². The Hall–Kier alpha value is -2.16. The lowest BCUT2D eigenvalue weighted by molar-refractivity contribution is 0.578. The molecule has 0 bridgehead atoms. The number of nitrogens with zero attached hydrogens (tertiary/aromatic N) is 1. The van der Waals surface area contributed by atoms with Gasteiger partial charge in [-0.1, -0.05) is 6.07 Å². The van der Waals surface area contributed by atoms with Crippen LogP contribution < -0.4 is 16.0 Å². The molecule has 1 saturated heterocycles. The zero-order chi connectivity index (χ0) is 14.7. The highest BCUT2D eigenvalue weighted by Crippen LogP contribution is 2.26. The molecule has 3 N–H and O–H groups in total. The second-order valence-corrected chi connectivity index (χ2v) is 5.81. The van der Waals surface area contributed by atoms with E-state index in [-0.39, 0.29) is 0 Å². The second-order valence-electron chi connectivity index (χ2n) is 5.81. The number of nitrogens with two attached hydrogens (primary N) is 1. The third kappa shape index (κ3) is 3.30. The molecule has 1 heterocycles. The van der Waals surface area contributed by atoms with E-state index in [1.165, 1.54) is 43.6 Å². The molecule has 3 nitrogen and oxygen atoms in total. The minimum absolute atomic E-state index is 0.778. The van der Waals surface area contributed by atoms with Gasteiger partial charge in [0.25, 0.3) is 0 Å². The van der Waals surface area contributed by atoms with E-state index < -0.39 is 0 Å². The lowest BCUT2D eigenvalue weighted by atomic mass is 10.1. The van der Waals surface area contributed by atoms with Gasteiger partial charge >= 0.3 is 0 Å². The van der Waals surface area contributed by atoms with Crippen LogP contribution in [0.2, 0.25) is 0 Å². The molecule has 1 fully saturated rings. The van der Waals surface area contributed by atoms with Crippen molar-refractivity contribution in [1.82, 2.24) is 0 Å². The van der Waals surface area contributed by atoms with Crippen molar-refractivity contribution < 1.29 is 0 Å². The van der Waals surface area contributed by atoms with Gasteiger partial charge in [-0.2, -0.15) is 0 Å². The van der Waals surface area contributed by atoms with Crippen LogP contribution in [0.1, 0.15) is 24.8 Å². The summed E-state index contributed by atoms with van der Waals surface area (Å²) in [4.78, 5) is 2.47. The Morgan fingerprint density at radius 3 is 2.38 bits per heavy atom. The molecule has 2 aromatic rings. The Labute approximate surface area is 126 Å². The van der Waals surface area contributed by atoms with Crippen LogP contribution in [0.15, 0.2) is 42.5 Å². The number of nitrogens with one attached hydrogen (secondary N) is 1. The molecule has 0 saturated carbocycles. The van der Waals surface area contributed by atoms with Crippen LogP contribution in [0, 0.1) is 6.92 Å². The predicted molar refractivity (Wildman–Crippen MR) is 91.4 cm³/mol. The van der Waals surface area contributed by atoms with Crippen molar-refractivity contribution in [3.8, 4) is 0 Å². The highest BCUT2D eigenvalue weighted by atomic mass is 15.1. The number of rotatable bonds is 3. The first-order chi connectivity index (χ1) is 10.2. The molecule has 0 unspecified atom stereocenters. The standard InChI is InChI=1S/C18H23N3/c1-14-5-10-17(19)18(13-14)20-15-6-8-16(9-7-15)21-11-3-2-4-12-21/h5-10,13,20H,2-4,11-12,19H2,1H3. The Bertz CT molecular complexity index is 598. The fourth-order valence-electron chi connectivity index (χ4n) is 2.84. The fourth-order valence-corrected chi connectivity index (χ4v) is 2.84. The smallest absolute Gasteiger partial charge is 0.0620 e. The van der Waals surface area contributed by atoms with Crippen LogP contribution in [0.5, 0.6) is 0 Å². The molecule has 0 radical (unpaired) electrons. The predicted octanol–water partition coefficient (Wildman–Crippen LogP) is 4.31. The Balaban J connectivity index is 1.73. The first-order valence-electron chi connectivity index (χ1n) is 7.70. The van der Waals surface area contributed by atoms with E-state index in [1.807, 2.05) is 12.1 Å². The van der Waals surface area contributed by atoms with Gasteiger partial charge < -0.3 is 16.0 Å². The summed E-state index contributed by atoms with van der Waals surface area (Å²) < 4.78 is 0. The average Bonchev–Trinajstić information content (AvgIpc) is 2.53. The lowest BCUT2D eigenvalue weighted by Crippen LogP contribution is -2.29. The van der Waals surface area contributed by atoms with Crippen molar-refractivity contribution >= 4 is 22.7 Å². The molecule has 1 aliphatic heterocycles. The van der Waals surface area contributed by atoms with Gasteiger partial charge in [0.15, 0.2) is 0 Å². The average molecular weight is 281 g/mol. The van der Waals surface area contributed by atoms with Crippen LogP contribution in [0.25, 0.3) is 0 Å². The van der Waals surface area contributed by atoms with Gasteiger partial charge in [-0.15, -0.1) is 0 Å². The van der Waals surface area contributed by atoms with Crippen molar-refractivity contribution in [3.05, 3.63) is 48.0 Å². The van der Waals surface area contributed by atoms with E-state index in [2.05, 4.69) is 47.5 Å². The lowest BCUT2D eigenvalue weighted by Gasteiger charge is -2.28. The summed E-state index contributed by atoms with van der Waals surface area (Å²) in [6.07, 6.45) is 3.97. The van der Waals surface area contributed by atoms with Crippen molar-refractivity contribution in [2.75, 3.05) is 29.0 Å². The Morgan fingerprint density at radius 1 is 0.952 bits per heavy atom. The van der Waals surface area contributed by atoms with Crippen molar-refractivity contribution in [2.45, 2.75) is 26.2 Å². The summed E-state index contributed by atoms with van der Waals surface area (Å²) in [6, 6.07) is 14.7. The summed E-state index contributed by atoms with van der Waals surface area (Å²) >= 11 is 0. The van der Waals surface area contributed by atoms with Crippen LogP contribution in [0.3, 0.4) is 0 Å². The SMILES string of the molecule is Cc1ccc(N)c(Nc2ccc(N3CCCCC3)cc2)c1. The van der Waals surface area contributed by atoms with Crippen LogP contribution in [0.4, 0.5) is 22.7 Å².